The Balaban J connectivity index is 2.17. The number of carbonyl (C=O) groups excluding carboxylic acids is 1. The number of anilines is 2. The Labute approximate surface area is 130 Å². The summed E-state index contributed by atoms with van der Waals surface area (Å²) in [5.41, 5.74) is 6.83. The predicted molar refractivity (Wildman–Crippen MR) is 90.6 cm³/mol. The number of carbonyl (C=O) groups is 1. The molecule has 0 aliphatic carbocycles. The molecule has 1 aromatic rings. The summed E-state index contributed by atoms with van der Waals surface area (Å²) in [6.07, 6.45) is 5.25. The Morgan fingerprint density at radius 3 is 2.75 bits per heavy atom. The molecule has 0 saturated carbocycles. The summed E-state index contributed by atoms with van der Waals surface area (Å²) in [6.45, 7) is 2.21. The van der Waals surface area contributed by atoms with E-state index in [0.717, 1.165) is 12.2 Å². The highest BCUT2D eigenvalue weighted by atomic mass is 35.5. The average molecular weight is 315 g/mol. The van der Waals surface area contributed by atoms with Crippen LogP contribution in [0.25, 0.3) is 0 Å². The number of hydrogen-bond acceptors (Lipinski definition) is 3. The van der Waals surface area contributed by atoms with Gasteiger partial charge >= 0.3 is 0 Å². The SMILES string of the molecule is CCCCCSCCCC(=O)Nc1ccc(N)cc1Cl. The molecule has 3 N–H and O–H groups in total. The van der Waals surface area contributed by atoms with E-state index >= 15 is 0 Å². The summed E-state index contributed by atoms with van der Waals surface area (Å²) in [6, 6.07) is 5.10. The number of unbranched alkanes of at least 4 members (excludes halogenated alkanes) is 2. The minimum atomic E-state index is 0.00540. The molecule has 1 rings (SSSR count). The summed E-state index contributed by atoms with van der Waals surface area (Å²) >= 11 is 7.93. The van der Waals surface area contributed by atoms with Crippen molar-refractivity contribution >= 4 is 40.6 Å². The van der Waals surface area contributed by atoms with Gasteiger partial charge in [0.2, 0.25) is 5.91 Å². The van der Waals surface area contributed by atoms with Crippen molar-refractivity contribution in [2.75, 3.05) is 22.6 Å². The molecule has 0 saturated heterocycles. The first-order valence-corrected chi connectivity index (χ1v) is 8.59. The lowest BCUT2D eigenvalue weighted by molar-refractivity contribution is -0.116. The number of amides is 1. The number of hydrogen-bond donors (Lipinski definition) is 2. The Bertz CT molecular complexity index is 426. The van der Waals surface area contributed by atoms with Crippen LogP contribution < -0.4 is 11.1 Å². The van der Waals surface area contributed by atoms with Gasteiger partial charge in [0.1, 0.15) is 0 Å². The molecule has 1 amide bonds. The van der Waals surface area contributed by atoms with E-state index in [2.05, 4.69) is 12.2 Å². The molecule has 0 unspecified atom stereocenters. The van der Waals surface area contributed by atoms with Crippen LogP contribution in [0, 0.1) is 0 Å². The third kappa shape index (κ3) is 7.06. The van der Waals surface area contributed by atoms with Crippen LogP contribution in [-0.4, -0.2) is 17.4 Å². The maximum atomic E-state index is 11.8. The van der Waals surface area contributed by atoms with Crippen LogP contribution in [0.4, 0.5) is 11.4 Å². The van der Waals surface area contributed by atoms with E-state index in [4.69, 9.17) is 17.3 Å². The fraction of sp³-hybridized carbons (Fsp3) is 0.533. The number of nitrogen functional groups attached to an aromatic ring is 1. The van der Waals surface area contributed by atoms with Crippen molar-refractivity contribution in [1.29, 1.82) is 0 Å². The van der Waals surface area contributed by atoms with E-state index in [-0.39, 0.29) is 5.91 Å². The minimum absolute atomic E-state index is 0.00540. The molecule has 1 aromatic carbocycles. The van der Waals surface area contributed by atoms with Gasteiger partial charge in [-0.05, 0) is 42.5 Å². The normalized spacial score (nSPS) is 10.5. The highest BCUT2D eigenvalue weighted by Crippen LogP contribution is 2.24. The van der Waals surface area contributed by atoms with Crippen LogP contribution in [0.3, 0.4) is 0 Å². The molecule has 0 aliphatic rings. The maximum Gasteiger partial charge on any atom is 0.224 e. The van der Waals surface area contributed by atoms with Crippen molar-refractivity contribution in [3.8, 4) is 0 Å². The zero-order valence-electron chi connectivity index (χ0n) is 12.0. The summed E-state index contributed by atoms with van der Waals surface area (Å²) in [7, 11) is 0. The van der Waals surface area contributed by atoms with Gasteiger partial charge in [0.15, 0.2) is 0 Å². The number of nitrogens with two attached hydrogens (primary N) is 1. The maximum absolute atomic E-state index is 11.8. The standard InChI is InChI=1S/C15H23ClN2OS/c1-2-3-4-9-20-10-5-6-15(19)18-14-8-7-12(17)11-13(14)16/h7-8,11H,2-6,9-10,17H2,1H3,(H,18,19). The second-order valence-corrected chi connectivity index (χ2v) is 6.34. The first-order valence-electron chi connectivity index (χ1n) is 7.06. The van der Waals surface area contributed by atoms with Crippen molar-refractivity contribution in [3.05, 3.63) is 23.2 Å². The van der Waals surface area contributed by atoms with Crippen LogP contribution >= 0.6 is 23.4 Å². The molecule has 0 radical (unpaired) electrons. The van der Waals surface area contributed by atoms with Gasteiger partial charge in [-0.2, -0.15) is 11.8 Å². The van der Waals surface area contributed by atoms with Gasteiger partial charge in [0.05, 0.1) is 10.7 Å². The van der Waals surface area contributed by atoms with Gasteiger partial charge < -0.3 is 11.1 Å². The Morgan fingerprint density at radius 1 is 1.30 bits per heavy atom. The fourth-order valence-electron chi connectivity index (χ4n) is 1.74. The van der Waals surface area contributed by atoms with Crippen LogP contribution in [-0.2, 0) is 4.79 Å². The number of halogens is 1. The third-order valence-electron chi connectivity index (χ3n) is 2.85. The molecular weight excluding hydrogens is 292 g/mol. The third-order valence-corrected chi connectivity index (χ3v) is 4.32. The van der Waals surface area contributed by atoms with Crippen molar-refractivity contribution in [1.82, 2.24) is 0 Å². The molecule has 5 heteroatoms. The molecular formula is C15H23ClN2OS. The summed E-state index contributed by atoms with van der Waals surface area (Å²) in [5.74, 6) is 2.23. The van der Waals surface area contributed by atoms with E-state index in [9.17, 15) is 4.79 Å². The second-order valence-electron chi connectivity index (χ2n) is 4.71. The number of rotatable bonds is 9. The predicted octanol–water partition coefficient (Wildman–Crippen LogP) is 4.56. The van der Waals surface area contributed by atoms with E-state index in [1.165, 1.54) is 25.0 Å². The largest absolute Gasteiger partial charge is 0.399 e. The molecule has 112 valence electrons. The van der Waals surface area contributed by atoms with Gasteiger partial charge in [-0.15, -0.1) is 0 Å². The lowest BCUT2D eigenvalue weighted by Crippen LogP contribution is -2.12. The summed E-state index contributed by atoms with van der Waals surface area (Å²) in [4.78, 5) is 11.8. The minimum Gasteiger partial charge on any atom is -0.399 e. The summed E-state index contributed by atoms with van der Waals surface area (Å²) in [5, 5.41) is 3.29. The number of nitrogens with one attached hydrogen (secondary N) is 1. The van der Waals surface area contributed by atoms with Crippen molar-refractivity contribution in [2.24, 2.45) is 0 Å². The highest BCUT2D eigenvalue weighted by molar-refractivity contribution is 7.99. The molecule has 20 heavy (non-hydrogen) atoms. The Hall–Kier alpha value is -0.870. The van der Waals surface area contributed by atoms with Crippen molar-refractivity contribution in [2.45, 2.75) is 39.0 Å². The Morgan fingerprint density at radius 2 is 2.05 bits per heavy atom. The zero-order valence-corrected chi connectivity index (χ0v) is 13.5. The summed E-state index contributed by atoms with van der Waals surface area (Å²) < 4.78 is 0. The van der Waals surface area contributed by atoms with Gasteiger partial charge in [-0.25, -0.2) is 0 Å². The number of benzene rings is 1. The smallest absolute Gasteiger partial charge is 0.224 e. The molecule has 0 aromatic heterocycles. The fourth-order valence-corrected chi connectivity index (χ4v) is 2.93. The topological polar surface area (TPSA) is 55.1 Å². The van der Waals surface area contributed by atoms with Gasteiger partial charge in [0, 0.05) is 12.1 Å². The van der Waals surface area contributed by atoms with E-state index in [1.807, 2.05) is 11.8 Å². The second kappa shape index (κ2) is 9.94. The molecule has 0 atom stereocenters. The zero-order chi connectivity index (χ0) is 14.8. The quantitative estimate of drug-likeness (QED) is 0.519. The van der Waals surface area contributed by atoms with E-state index < -0.39 is 0 Å². The van der Waals surface area contributed by atoms with Crippen LogP contribution in [0.5, 0.6) is 0 Å². The molecule has 0 fully saturated rings. The first-order chi connectivity index (χ1) is 9.63. The number of thioether (sulfide) groups is 1. The molecule has 0 bridgehead atoms. The van der Waals surface area contributed by atoms with E-state index in [1.54, 1.807) is 18.2 Å². The lowest BCUT2D eigenvalue weighted by atomic mass is 10.2. The molecule has 0 heterocycles. The monoisotopic (exact) mass is 314 g/mol. The van der Waals surface area contributed by atoms with Crippen LogP contribution in [0.1, 0.15) is 39.0 Å². The van der Waals surface area contributed by atoms with Gasteiger partial charge in [-0.1, -0.05) is 31.4 Å². The van der Waals surface area contributed by atoms with Crippen molar-refractivity contribution < 1.29 is 4.79 Å². The van der Waals surface area contributed by atoms with Gasteiger partial charge in [0.25, 0.3) is 0 Å². The molecule has 3 nitrogen and oxygen atoms in total. The molecule has 0 aliphatic heterocycles. The van der Waals surface area contributed by atoms with Crippen LogP contribution in [0.2, 0.25) is 5.02 Å². The highest BCUT2D eigenvalue weighted by Gasteiger charge is 2.05. The van der Waals surface area contributed by atoms with Crippen LogP contribution in [0.15, 0.2) is 18.2 Å². The van der Waals surface area contributed by atoms with Gasteiger partial charge in [-0.3, -0.25) is 4.79 Å². The lowest BCUT2D eigenvalue weighted by Gasteiger charge is -2.07. The molecule has 0 spiro atoms. The first kappa shape index (κ1) is 17.2. The van der Waals surface area contributed by atoms with Crippen molar-refractivity contribution in [3.63, 3.8) is 0 Å². The average Bonchev–Trinajstić information content (AvgIpc) is 2.41. The van der Waals surface area contributed by atoms with E-state index in [0.29, 0.717) is 22.8 Å². The Kier molecular flexibility index (Phi) is 8.54.